The Morgan fingerprint density at radius 1 is 1.28 bits per heavy atom. The van der Waals surface area contributed by atoms with E-state index in [0.29, 0.717) is 11.9 Å². The average Bonchev–Trinajstić information content (AvgIpc) is 2.91. The number of nitrogens with one attached hydrogen (secondary N) is 2. The molecule has 3 rings (SSSR count). The van der Waals surface area contributed by atoms with Crippen molar-refractivity contribution in [3.63, 3.8) is 0 Å². The number of nitrogens with zero attached hydrogens (tertiary/aromatic N) is 2. The first kappa shape index (κ1) is 11.2. The van der Waals surface area contributed by atoms with Crippen molar-refractivity contribution in [3.8, 4) is 5.88 Å². The number of para-hydroxylation sites is 2. The van der Waals surface area contributed by atoms with Crippen molar-refractivity contribution < 1.29 is 4.74 Å². The standard InChI is InChI=1S/C13H16N4O/c1-18-13-12(15-9-6-7-14-8-9)16-10-4-2-3-5-11(10)17-13/h2-5,9,14H,6-8H2,1H3,(H,15,16)/t9-/m1/s1. The van der Waals surface area contributed by atoms with E-state index in [2.05, 4.69) is 20.6 Å². The molecule has 0 radical (unpaired) electrons. The Hall–Kier alpha value is -1.88. The van der Waals surface area contributed by atoms with Crippen LogP contribution in [0, 0.1) is 0 Å². The largest absolute Gasteiger partial charge is 0.478 e. The van der Waals surface area contributed by atoms with Crippen LogP contribution >= 0.6 is 0 Å². The third kappa shape index (κ3) is 2.09. The number of hydrogen-bond donors (Lipinski definition) is 2. The van der Waals surface area contributed by atoms with E-state index in [1.165, 1.54) is 0 Å². The summed E-state index contributed by atoms with van der Waals surface area (Å²) in [5.41, 5.74) is 1.73. The van der Waals surface area contributed by atoms with E-state index in [1.807, 2.05) is 24.3 Å². The summed E-state index contributed by atoms with van der Waals surface area (Å²) < 4.78 is 5.31. The number of hydrogen-bond acceptors (Lipinski definition) is 5. The van der Waals surface area contributed by atoms with Crippen molar-refractivity contribution >= 4 is 16.9 Å². The minimum atomic E-state index is 0.398. The van der Waals surface area contributed by atoms with Crippen molar-refractivity contribution in [2.45, 2.75) is 12.5 Å². The summed E-state index contributed by atoms with van der Waals surface area (Å²) in [5.74, 6) is 1.28. The molecule has 1 aromatic heterocycles. The maximum Gasteiger partial charge on any atom is 0.257 e. The highest BCUT2D eigenvalue weighted by Crippen LogP contribution is 2.24. The Kier molecular flexibility index (Phi) is 2.98. The van der Waals surface area contributed by atoms with E-state index in [9.17, 15) is 0 Å². The van der Waals surface area contributed by atoms with Crippen LogP contribution in [0.4, 0.5) is 5.82 Å². The number of fused-ring (bicyclic) bond motifs is 1. The number of aromatic nitrogens is 2. The van der Waals surface area contributed by atoms with Crippen LogP contribution in [0.1, 0.15) is 6.42 Å². The first-order valence-corrected chi connectivity index (χ1v) is 6.15. The van der Waals surface area contributed by atoms with Gasteiger partial charge in [-0.25, -0.2) is 9.97 Å². The molecule has 2 N–H and O–H groups in total. The monoisotopic (exact) mass is 244 g/mol. The van der Waals surface area contributed by atoms with Crippen LogP contribution < -0.4 is 15.4 Å². The van der Waals surface area contributed by atoms with Crippen LogP contribution in [0.15, 0.2) is 24.3 Å². The van der Waals surface area contributed by atoms with Gasteiger partial charge in [0.15, 0.2) is 5.82 Å². The average molecular weight is 244 g/mol. The Balaban J connectivity index is 1.97. The lowest BCUT2D eigenvalue weighted by Crippen LogP contribution is -2.23. The molecular weight excluding hydrogens is 228 g/mol. The smallest absolute Gasteiger partial charge is 0.257 e. The highest BCUT2D eigenvalue weighted by molar-refractivity contribution is 5.77. The molecule has 1 aliphatic rings. The van der Waals surface area contributed by atoms with Crippen LogP contribution in [-0.2, 0) is 0 Å². The molecule has 0 bridgehead atoms. The van der Waals surface area contributed by atoms with Crippen LogP contribution in [0.25, 0.3) is 11.0 Å². The van der Waals surface area contributed by atoms with E-state index in [1.54, 1.807) is 7.11 Å². The molecule has 94 valence electrons. The predicted molar refractivity (Wildman–Crippen MR) is 71.0 cm³/mol. The Labute approximate surface area is 106 Å². The number of benzene rings is 1. The minimum Gasteiger partial charge on any atom is -0.478 e. The van der Waals surface area contributed by atoms with Gasteiger partial charge in [0.1, 0.15) is 0 Å². The molecule has 2 heterocycles. The lowest BCUT2D eigenvalue weighted by atomic mass is 10.2. The van der Waals surface area contributed by atoms with E-state index >= 15 is 0 Å². The Morgan fingerprint density at radius 2 is 2.06 bits per heavy atom. The third-order valence-corrected chi connectivity index (χ3v) is 3.13. The zero-order chi connectivity index (χ0) is 12.4. The van der Waals surface area contributed by atoms with Gasteiger partial charge in [0.05, 0.1) is 18.1 Å². The van der Waals surface area contributed by atoms with Crippen LogP contribution in [-0.4, -0.2) is 36.2 Å². The molecule has 1 saturated heterocycles. The quantitative estimate of drug-likeness (QED) is 0.855. The molecule has 5 nitrogen and oxygen atoms in total. The van der Waals surface area contributed by atoms with Gasteiger partial charge < -0.3 is 15.4 Å². The summed E-state index contributed by atoms with van der Waals surface area (Å²) in [6.07, 6.45) is 1.09. The van der Waals surface area contributed by atoms with Crippen LogP contribution in [0.3, 0.4) is 0 Å². The van der Waals surface area contributed by atoms with Gasteiger partial charge in [0.25, 0.3) is 5.88 Å². The predicted octanol–water partition coefficient (Wildman–Crippen LogP) is 1.41. The zero-order valence-electron chi connectivity index (χ0n) is 10.3. The van der Waals surface area contributed by atoms with Crippen molar-refractivity contribution in [1.82, 2.24) is 15.3 Å². The van der Waals surface area contributed by atoms with Crippen LogP contribution in [0.2, 0.25) is 0 Å². The molecule has 0 aliphatic carbocycles. The first-order valence-electron chi connectivity index (χ1n) is 6.15. The second kappa shape index (κ2) is 4.78. The fourth-order valence-corrected chi connectivity index (χ4v) is 2.19. The second-order valence-electron chi connectivity index (χ2n) is 4.40. The SMILES string of the molecule is COc1nc2ccccc2nc1N[C@@H]1CCNC1. The lowest BCUT2D eigenvalue weighted by Gasteiger charge is -2.14. The maximum atomic E-state index is 5.31. The molecule has 0 saturated carbocycles. The van der Waals surface area contributed by atoms with Gasteiger partial charge in [-0.2, -0.15) is 0 Å². The topological polar surface area (TPSA) is 59.1 Å². The number of rotatable bonds is 3. The van der Waals surface area contributed by atoms with E-state index < -0.39 is 0 Å². The molecule has 1 aliphatic heterocycles. The third-order valence-electron chi connectivity index (χ3n) is 3.13. The number of anilines is 1. The van der Waals surface area contributed by atoms with Gasteiger partial charge in [0.2, 0.25) is 0 Å². The molecule has 1 atom stereocenters. The Bertz CT molecular complexity index is 552. The van der Waals surface area contributed by atoms with Gasteiger partial charge >= 0.3 is 0 Å². The summed E-state index contributed by atoms with van der Waals surface area (Å²) in [5, 5.41) is 6.71. The summed E-state index contributed by atoms with van der Waals surface area (Å²) >= 11 is 0. The summed E-state index contributed by atoms with van der Waals surface area (Å²) in [4.78, 5) is 9.05. The summed E-state index contributed by atoms with van der Waals surface area (Å²) in [6, 6.07) is 8.20. The maximum absolute atomic E-state index is 5.31. The molecular formula is C13H16N4O. The molecule has 2 aromatic rings. The molecule has 5 heteroatoms. The van der Waals surface area contributed by atoms with Gasteiger partial charge in [-0.1, -0.05) is 12.1 Å². The van der Waals surface area contributed by atoms with E-state index in [4.69, 9.17) is 4.74 Å². The molecule has 1 fully saturated rings. The van der Waals surface area contributed by atoms with E-state index in [-0.39, 0.29) is 0 Å². The fraction of sp³-hybridized carbons (Fsp3) is 0.385. The summed E-state index contributed by atoms with van der Waals surface area (Å²) in [6.45, 7) is 2.00. The molecule has 1 aromatic carbocycles. The highest BCUT2D eigenvalue weighted by atomic mass is 16.5. The van der Waals surface area contributed by atoms with Gasteiger partial charge in [-0.3, -0.25) is 0 Å². The molecule has 18 heavy (non-hydrogen) atoms. The minimum absolute atomic E-state index is 0.398. The lowest BCUT2D eigenvalue weighted by molar-refractivity contribution is 0.399. The molecule has 0 amide bonds. The first-order chi connectivity index (χ1) is 8.86. The van der Waals surface area contributed by atoms with E-state index in [0.717, 1.165) is 36.4 Å². The number of methoxy groups -OCH3 is 1. The van der Waals surface area contributed by atoms with Gasteiger partial charge in [0, 0.05) is 12.6 Å². The van der Waals surface area contributed by atoms with Crippen molar-refractivity contribution in [3.05, 3.63) is 24.3 Å². The fourth-order valence-electron chi connectivity index (χ4n) is 2.19. The summed E-state index contributed by atoms with van der Waals surface area (Å²) in [7, 11) is 1.62. The Morgan fingerprint density at radius 3 is 2.72 bits per heavy atom. The molecule has 0 unspecified atom stereocenters. The van der Waals surface area contributed by atoms with Crippen molar-refractivity contribution in [2.75, 3.05) is 25.5 Å². The molecule has 0 spiro atoms. The second-order valence-corrected chi connectivity index (χ2v) is 4.40. The van der Waals surface area contributed by atoms with Crippen molar-refractivity contribution in [1.29, 1.82) is 0 Å². The zero-order valence-corrected chi connectivity index (χ0v) is 10.3. The number of ether oxygens (including phenoxy) is 1. The highest BCUT2D eigenvalue weighted by Gasteiger charge is 2.17. The van der Waals surface area contributed by atoms with Gasteiger partial charge in [-0.15, -0.1) is 0 Å². The van der Waals surface area contributed by atoms with Crippen LogP contribution in [0.5, 0.6) is 5.88 Å². The van der Waals surface area contributed by atoms with Crippen molar-refractivity contribution in [2.24, 2.45) is 0 Å². The van der Waals surface area contributed by atoms with Gasteiger partial charge in [-0.05, 0) is 25.1 Å². The normalized spacial score (nSPS) is 19.1.